The highest BCUT2D eigenvalue weighted by molar-refractivity contribution is 5.94. The van der Waals surface area contributed by atoms with Crippen LogP contribution in [0.4, 0.5) is 0 Å². The summed E-state index contributed by atoms with van der Waals surface area (Å²) in [6.45, 7) is 5.30. The first-order valence-electron chi connectivity index (χ1n) is 8.34. The van der Waals surface area contributed by atoms with E-state index < -0.39 is 5.97 Å². The number of ether oxygens (including phenoxy) is 1. The van der Waals surface area contributed by atoms with Crippen LogP contribution in [0.3, 0.4) is 0 Å². The second-order valence-corrected chi connectivity index (χ2v) is 6.01. The zero-order valence-corrected chi connectivity index (χ0v) is 14.2. The molecule has 0 radical (unpaired) electrons. The Morgan fingerprint density at radius 3 is 2.58 bits per heavy atom. The predicted octanol–water partition coefficient (Wildman–Crippen LogP) is 1.99. The molecule has 1 N–H and O–H groups in total. The molecule has 1 fully saturated rings. The number of esters is 1. The number of benzene rings is 1. The number of piperidine rings is 1. The second kappa shape index (κ2) is 8.47. The highest BCUT2D eigenvalue weighted by Gasteiger charge is 2.22. The van der Waals surface area contributed by atoms with Gasteiger partial charge in [-0.05, 0) is 37.0 Å². The van der Waals surface area contributed by atoms with E-state index in [0.717, 1.165) is 25.9 Å². The minimum atomic E-state index is -0.416. The summed E-state index contributed by atoms with van der Waals surface area (Å²) in [4.78, 5) is 36.7. The van der Waals surface area contributed by atoms with E-state index >= 15 is 0 Å². The Bertz CT molecular complexity index is 607. The maximum absolute atomic E-state index is 12.2. The van der Waals surface area contributed by atoms with E-state index in [1.54, 1.807) is 24.3 Å². The molecule has 0 bridgehead atoms. The summed E-state index contributed by atoms with van der Waals surface area (Å²) in [6.07, 6.45) is 2.35. The molecule has 0 aliphatic carbocycles. The highest BCUT2D eigenvalue weighted by atomic mass is 16.5. The number of rotatable bonds is 5. The number of hydrogen-bond donors (Lipinski definition) is 1. The van der Waals surface area contributed by atoms with Crippen LogP contribution in [0.25, 0.3) is 0 Å². The van der Waals surface area contributed by atoms with Crippen molar-refractivity contribution in [3.8, 4) is 5.75 Å². The lowest BCUT2D eigenvalue weighted by molar-refractivity contribution is -0.132. The van der Waals surface area contributed by atoms with Gasteiger partial charge in [0.2, 0.25) is 5.91 Å². The first-order chi connectivity index (χ1) is 11.5. The first kappa shape index (κ1) is 18.0. The lowest BCUT2D eigenvalue weighted by atomic mass is 9.96. The Kier molecular flexibility index (Phi) is 6.35. The summed E-state index contributed by atoms with van der Waals surface area (Å²) >= 11 is 0. The summed E-state index contributed by atoms with van der Waals surface area (Å²) in [7, 11) is 0. The van der Waals surface area contributed by atoms with Gasteiger partial charge in [0.05, 0.1) is 0 Å². The van der Waals surface area contributed by atoms with Gasteiger partial charge in [0, 0.05) is 38.5 Å². The van der Waals surface area contributed by atoms with Crippen LogP contribution >= 0.6 is 0 Å². The lowest BCUT2D eigenvalue weighted by Gasteiger charge is -2.32. The Hall–Kier alpha value is -2.37. The van der Waals surface area contributed by atoms with Crippen molar-refractivity contribution in [2.75, 3.05) is 19.6 Å². The van der Waals surface area contributed by atoms with Crippen molar-refractivity contribution in [3.05, 3.63) is 29.8 Å². The third kappa shape index (κ3) is 5.08. The molecule has 2 amide bonds. The predicted molar refractivity (Wildman–Crippen MR) is 89.7 cm³/mol. The largest absolute Gasteiger partial charge is 0.427 e. The quantitative estimate of drug-likeness (QED) is 0.661. The molecule has 6 heteroatoms. The Morgan fingerprint density at radius 2 is 1.96 bits per heavy atom. The molecule has 0 unspecified atom stereocenters. The van der Waals surface area contributed by atoms with Crippen LogP contribution in [0, 0.1) is 5.92 Å². The van der Waals surface area contributed by atoms with E-state index in [-0.39, 0.29) is 11.8 Å². The van der Waals surface area contributed by atoms with Gasteiger partial charge in [0.1, 0.15) is 5.75 Å². The molecule has 1 aliphatic rings. The summed E-state index contributed by atoms with van der Waals surface area (Å²) < 4.78 is 4.99. The molecule has 1 aliphatic heterocycles. The molecule has 6 nitrogen and oxygen atoms in total. The highest BCUT2D eigenvalue weighted by Crippen LogP contribution is 2.18. The number of carbonyl (C=O) groups excluding carboxylic acids is 3. The number of hydrogen-bond acceptors (Lipinski definition) is 4. The smallest absolute Gasteiger partial charge is 0.308 e. The van der Waals surface area contributed by atoms with Crippen molar-refractivity contribution in [3.63, 3.8) is 0 Å². The van der Waals surface area contributed by atoms with Gasteiger partial charge < -0.3 is 15.0 Å². The molecular weight excluding hydrogens is 308 g/mol. The molecule has 0 spiro atoms. The molecule has 1 aromatic carbocycles. The summed E-state index contributed by atoms with van der Waals surface area (Å²) in [5, 5.41) is 2.92. The number of nitrogens with zero attached hydrogens (tertiary/aromatic N) is 1. The standard InChI is InChI=1S/C18H24N2O4/c1-3-17(22)20-9-7-14(8-10-20)12-19-18(23)15-5-4-6-16(11-15)24-13(2)21/h4-6,11,14H,3,7-10,12H2,1-2H3,(H,19,23). The minimum Gasteiger partial charge on any atom is -0.427 e. The zero-order valence-electron chi connectivity index (χ0n) is 14.2. The number of amides is 2. The fourth-order valence-corrected chi connectivity index (χ4v) is 2.82. The maximum atomic E-state index is 12.2. The van der Waals surface area contributed by atoms with E-state index in [1.807, 2.05) is 11.8 Å². The Labute approximate surface area is 142 Å². The Balaban J connectivity index is 1.81. The van der Waals surface area contributed by atoms with E-state index in [2.05, 4.69) is 5.32 Å². The molecule has 1 saturated heterocycles. The number of carbonyl (C=O) groups is 3. The van der Waals surface area contributed by atoms with Crippen molar-refractivity contribution in [2.45, 2.75) is 33.1 Å². The average molecular weight is 332 g/mol. The van der Waals surface area contributed by atoms with Crippen LogP contribution in [0.1, 0.15) is 43.5 Å². The molecule has 0 aromatic heterocycles. The lowest BCUT2D eigenvalue weighted by Crippen LogP contribution is -2.41. The van der Waals surface area contributed by atoms with Crippen LogP contribution in [0.2, 0.25) is 0 Å². The average Bonchev–Trinajstić information content (AvgIpc) is 2.59. The van der Waals surface area contributed by atoms with E-state index in [4.69, 9.17) is 4.74 Å². The molecule has 0 atom stereocenters. The molecule has 1 heterocycles. The monoisotopic (exact) mass is 332 g/mol. The molecule has 0 saturated carbocycles. The summed E-state index contributed by atoms with van der Waals surface area (Å²) in [5.41, 5.74) is 0.465. The SMILES string of the molecule is CCC(=O)N1CCC(CNC(=O)c2cccc(OC(C)=O)c2)CC1. The second-order valence-electron chi connectivity index (χ2n) is 6.01. The third-order valence-electron chi connectivity index (χ3n) is 4.18. The molecule has 130 valence electrons. The minimum absolute atomic E-state index is 0.184. The molecule has 2 rings (SSSR count). The van der Waals surface area contributed by atoms with Gasteiger partial charge in [-0.2, -0.15) is 0 Å². The van der Waals surface area contributed by atoms with Gasteiger partial charge in [0.15, 0.2) is 0 Å². The fourth-order valence-electron chi connectivity index (χ4n) is 2.82. The van der Waals surface area contributed by atoms with Crippen LogP contribution < -0.4 is 10.1 Å². The van der Waals surface area contributed by atoms with Gasteiger partial charge in [0.25, 0.3) is 5.91 Å². The normalized spacial score (nSPS) is 15.0. The topological polar surface area (TPSA) is 75.7 Å². The van der Waals surface area contributed by atoms with Crippen molar-refractivity contribution in [1.29, 1.82) is 0 Å². The molecule has 24 heavy (non-hydrogen) atoms. The van der Waals surface area contributed by atoms with E-state index in [0.29, 0.717) is 30.2 Å². The van der Waals surface area contributed by atoms with Crippen molar-refractivity contribution in [2.24, 2.45) is 5.92 Å². The van der Waals surface area contributed by atoms with Gasteiger partial charge in [-0.1, -0.05) is 13.0 Å². The molecular formula is C18H24N2O4. The van der Waals surface area contributed by atoms with Crippen LogP contribution in [-0.2, 0) is 9.59 Å². The van der Waals surface area contributed by atoms with Crippen LogP contribution in [0.15, 0.2) is 24.3 Å². The number of likely N-dealkylation sites (tertiary alicyclic amines) is 1. The first-order valence-corrected chi connectivity index (χ1v) is 8.34. The van der Waals surface area contributed by atoms with E-state index in [9.17, 15) is 14.4 Å². The van der Waals surface area contributed by atoms with Crippen molar-refractivity contribution in [1.82, 2.24) is 10.2 Å². The van der Waals surface area contributed by atoms with Gasteiger partial charge in [-0.25, -0.2) is 0 Å². The van der Waals surface area contributed by atoms with Gasteiger partial charge in [-0.3, -0.25) is 14.4 Å². The summed E-state index contributed by atoms with van der Waals surface area (Å²) in [6, 6.07) is 6.56. The van der Waals surface area contributed by atoms with Crippen molar-refractivity contribution < 1.29 is 19.1 Å². The third-order valence-corrected chi connectivity index (χ3v) is 4.18. The Morgan fingerprint density at radius 1 is 1.25 bits per heavy atom. The maximum Gasteiger partial charge on any atom is 0.308 e. The van der Waals surface area contributed by atoms with Gasteiger partial charge >= 0.3 is 5.97 Å². The van der Waals surface area contributed by atoms with Crippen molar-refractivity contribution >= 4 is 17.8 Å². The zero-order chi connectivity index (χ0) is 17.5. The van der Waals surface area contributed by atoms with Crippen LogP contribution in [-0.4, -0.2) is 42.3 Å². The molecule has 1 aromatic rings. The fraction of sp³-hybridized carbons (Fsp3) is 0.500. The number of nitrogens with one attached hydrogen (secondary N) is 1. The van der Waals surface area contributed by atoms with Gasteiger partial charge in [-0.15, -0.1) is 0 Å². The van der Waals surface area contributed by atoms with Crippen LogP contribution in [0.5, 0.6) is 5.75 Å². The van der Waals surface area contributed by atoms with E-state index in [1.165, 1.54) is 6.92 Å². The summed E-state index contributed by atoms with van der Waals surface area (Å²) in [5.74, 6) is 0.338.